The molecule has 0 aromatic heterocycles. The second-order valence-electron chi connectivity index (χ2n) is 1.37. The molecule has 0 aromatic rings. The normalized spacial score (nSPS) is 21.5. The summed E-state index contributed by atoms with van der Waals surface area (Å²) in [7, 11) is 0. The average Bonchev–Trinajstić information content (AvgIpc) is 1.30. The van der Waals surface area contributed by atoms with E-state index in [-0.39, 0.29) is 19.5 Å². The van der Waals surface area contributed by atoms with Crippen molar-refractivity contribution in [2.45, 2.75) is 19.3 Å². The molecule has 0 unspecified atom stereocenters. The molecule has 1 radical (unpaired) electrons. The standard InChI is InChI=1S/C4H6Br.Zn/c5-4-2-1-3-4;/h1-3H2;. The fraction of sp³-hybridized carbons (Fsp3) is 0.750. The van der Waals surface area contributed by atoms with Gasteiger partial charge in [0.15, 0.2) is 0 Å². The SMILES string of the molecule is Br[C]1CCC1.[Zn]. The van der Waals surface area contributed by atoms with Crippen LogP contribution in [-0.2, 0) is 19.5 Å². The van der Waals surface area contributed by atoms with Crippen LogP contribution < -0.4 is 0 Å². The van der Waals surface area contributed by atoms with Crippen molar-refractivity contribution >= 4 is 15.9 Å². The van der Waals surface area contributed by atoms with Gasteiger partial charge in [-0.3, -0.25) is 0 Å². The second-order valence-corrected chi connectivity index (χ2v) is 2.49. The molecule has 1 aliphatic carbocycles. The van der Waals surface area contributed by atoms with Gasteiger partial charge in [0.25, 0.3) is 0 Å². The third kappa shape index (κ3) is 1.70. The Morgan fingerprint density at radius 3 is 1.67 bits per heavy atom. The van der Waals surface area contributed by atoms with E-state index in [9.17, 15) is 0 Å². The molecule has 0 saturated heterocycles. The number of hydrogen-bond donors (Lipinski definition) is 0. The van der Waals surface area contributed by atoms with Gasteiger partial charge in [-0.2, -0.15) is 0 Å². The van der Waals surface area contributed by atoms with Gasteiger partial charge in [0, 0.05) is 24.3 Å². The van der Waals surface area contributed by atoms with Crippen LogP contribution in [0.15, 0.2) is 0 Å². The molecule has 0 aromatic carbocycles. The Hall–Kier alpha value is 1.10. The molecule has 2 heteroatoms. The van der Waals surface area contributed by atoms with Crippen molar-refractivity contribution in [3.63, 3.8) is 0 Å². The third-order valence-corrected chi connectivity index (χ3v) is 1.69. The molecule has 0 amide bonds. The van der Waals surface area contributed by atoms with Crippen LogP contribution in [0.4, 0.5) is 0 Å². The molecule has 31 valence electrons. The van der Waals surface area contributed by atoms with E-state index in [0.29, 0.717) is 0 Å². The monoisotopic (exact) mass is 197 g/mol. The molecule has 0 spiro atoms. The molecule has 1 fully saturated rings. The summed E-state index contributed by atoms with van der Waals surface area (Å²) in [6.07, 6.45) is 4.04. The fourth-order valence-corrected chi connectivity index (χ4v) is 0.871. The summed E-state index contributed by atoms with van der Waals surface area (Å²) < 4.78 is 0. The Morgan fingerprint density at radius 2 is 1.67 bits per heavy atom. The van der Waals surface area contributed by atoms with Crippen molar-refractivity contribution in [3.8, 4) is 0 Å². The van der Waals surface area contributed by atoms with Crippen molar-refractivity contribution in [3.05, 3.63) is 4.83 Å². The smallest absolute Gasteiger partial charge is 0.0410 e. The first-order valence-electron chi connectivity index (χ1n) is 1.90. The molecule has 0 aliphatic heterocycles. The maximum Gasteiger partial charge on any atom is 0.0410 e. The first kappa shape index (κ1) is 7.10. The average molecular weight is 199 g/mol. The summed E-state index contributed by atoms with van der Waals surface area (Å²) in [6, 6.07) is 0. The van der Waals surface area contributed by atoms with Crippen LogP contribution >= 0.6 is 15.9 Å². The number of rotatable bonds is 0. The van der Waals surface area contributed by atoms with Gasteiger partial charge >= 0.3 is 0 Å². The second kappa shape index (κ2) is 3.15. The first-order valence-corrected chi connectivity index (χ1v) is 2.69. The zero-order chi connectivity index (χ0) is 3.70. The van der Waals surface area contributed by atoms with Gasteiger partial charge in [-0.25, -0.2) is 0 Å². The zero-order valence-electron chi connectivity index (χ0n) is 3.71. The van der Waals surface area contributed by atoms with Crippen molar-refractivity contribution in [1.82, 2.24) is 0 Å². The molecule has 0 bridgehead atoms. The van der Waals surface area contributed by atoms with Crippen LogP contribution in [0.1, 0.15) is 19.3 Å². The molecule has 1 saturated carbocycles. The quantitative estimate of drug-likeness (QED) is 0.524. The van der Waals surface area contributed by atoms with Crippen molar-refractivity contribution < 1.29 is 19.5 Å². The predicted octanol–water partition coefficient (Wildman–Crippen LogP) is 2.09. The van der Waals surface area contributed by atoms with Crippen molar-refractivity contribution in [2.75, 3.05) is 0 Å². The van der Waals surface area contributed by atoms with Crippen LogP contribution in [0.3, 0.4) is 0 Å². The molecule has 1 rings (SSSR count). The zero-order valence-corrected chi connectivity index (χ0v) is 8.26. The van der Waals surface area contributed by atoms with E-state index in [1.54, 1.807) is 0 Å². The van der Waals surface area contributed by atoms with Gasteiger partial charge in [0.05, 0.1) is 0 Å². The number of hydrogen-bond acceptors (Lipinski definition) is 0. The van der Waals surface area contributed by atoms with Gasteiger partial charge in [0.2, 0.25) is 0 Å². The molecule has 0 N–H and O–H groups in total. The molecule has 6 heavy (non-hydrogen) atoms. The largest absolute Gasteiger partial charge is 0.0838 e. The van der Waals surface area contributed by atoms with Crippen LogP contribution in [0.25, 0.3) is 0 Å². The molecule has 0 nitrogen and oxygen atoms in total. The molecular weight excluding hydrogens is 193 g/mol. The third-order valence-electron chi connectivity index (χ3n) is 0.896. The molecular formula is C4H6BrZn. The van der Waals surface area contributed by atoms with Gasteiger partial charge in [-0.05, 0) is 12.8 Å². The minimum atomic E-state index is 0. The maximum absolute atomic E-state index is 3.38. The minimum absolute atomic E-state index is 0. The predicted molar refractivity (Wildman–Crippen MR) is 26.0 cm³/mol. The molecule has 0 heterocycles. The van der Waals surface area contributed by atoms with Gasteiger partial charge in [0.1, 0.15) is 0 Å². The first-order chi connectivity index (χ1) is 2.39. The van der Waals surface area contributed by atoms with Crippen molar-refractivity contribution in [2.24, 2.45) is 0 Å². The number of halogens is 1. The minimum Gasteiger partial charge on any atom is -0.0838 e. The van der Waals surface area contributed by atoms with Crippen LogP contribution in [0, 0.1) is 4.83 Å². The topological polar surface area (TPSA) is 0 Å². The Morgan fingerprint density at radius 1 is 1.33 bits per heavy atom. The van der Waals surface area contributed by atoms with E-state index in [2.05, 4.69) is 15.9 Å². The maximum atomic E-state index is 3.38. The van der Waals surface area contributed by atoms with E-state index >= 15 is 0 Å². The summed E-state index contributed by atoms with van der Waals surface area (Å²) in [4.78, 5) is 1.50. The summed E-state index contributed by atoms with van der Waals surface area (Å²) >= 11 is 3.38. The van der Waals surface area contributed by atoms with E-state index in [1.807, 2.05) is 0 Å². The van der Waals surface area contributed by atoms with E-state index in [0.717, 1.165) is 0 Å². The summed E-state index contributed by atoms with van der Waals surface area (Å²) in [5.74, 6) is 0. The van der Waals surface area contributed by atoms with Gasteiger partial charge in [-0.1, -0.05) is 22.4 Å². The summed E-state index contributed by atoms with van der Waals surface area (Å²) in [5, 5.41) is 0. The van der Waals surface area contributed by atoms with Crippen molar-refractivity contribution in [1.29, 1.82) is 0 Å². The van der Waals surface area contributed by atoms with Crippen LogP contribution in [0.5, 0.6) is 0 Å². The van der Waals surface area contributed by atoms with E-state index < -0.39 is 0 Å². The summed E-state index contributed by atoms with van der Waals surface area (Å²) in [6.45, 7) is 0. The van der Waals surface area contributed by atoms with E-state index in [1.165, 1.54) is 24.1 Å². The summed E-state index contributed by atoms with van der Waals surface area (Å²) in [5.41, 5.74) is 0. The van der Waals surface area contributed by atoms with Gasteiger partial charge in [-0.15, -0.1) is 0 Å². The Labute approximate surface area is 59.6 Å². The van der Waals surface area contributed by atoms with Gasteiger partial charge < -0.3 is 0 Å². The fourth-order valence-electron chi connectivity index (χ4n) is 0.310. The Balaban J connectivity index is 0.000000250. The Bertz CT molecular complexity index is 34.5. The van der Waals surface area contributed by atoms with Crippen LogP contribution in [0.2, 0.25) is 0 Å². The molecule has 0 atom stereocenters. The molecule has 1 aliphatic rings. The van der Waals surface area contributed by atoms with Crippen LogP contribution in [-0.4, -0.2) is 0 Å². The Kier molecular flexibility index (Phi) is 3.73. The van der Waals surface area contributed by atoms with E-state index in [4.69, 9.17) is 0 Å².